The van der Waals surface area contributed by atoms with Crippen molar-refractivity contribution in [3.8, 4) is 0 Å². The lowest BCUT2D eigenvalue weighted by molar-refractivity contribution is -0.118. The summed E-state index contributed by atoms with van der Waals surface area (Å²) < 4.78 is 1.84. The number of carbonyl (C=O) groups excluding carboxylic acids is 1. The summed E-state index contributed by atoms with van der Waals surface area (Å²) >= 11 is 7.27. The van der Waals surface area contributed by atoms with Crippen LogP contribution in [0.1, 0.15) is 11.4 Å². The van der Waals surface area contributed by atoms with Gasteiger partial charge < -0.3 is 9.88 Å². The van der Waals surface area contributed by atoms with Gasteiger partial charge in [0.25, 0.3) is 5.91 Å². The van der Waals surface area contributed by atoms with E-state index in [2.05, 4.69) is 31.0 Å². The van der Waals surface area contributed by atoms with Crippen molar-refractivity contribution in [2.75, 3.05) is 11.1 Å². The molecule has 0 aliphatic rings. The zero-order valence-electron chi connectivity index (χ0n) is 15.0. The molecule has 2 aromatic heterocycles. The van der Waals surface area contributed by atoms with Gasteiger partial charge in [-0.2, -0.15) is 5.10 Å². The van der Waals surface area contributed by atoms with Gasteiger partial charge >= 0.3 is 0 Å². The summed E-state index contributed by atoms with van der Waals surface area (Å²) in [5.74, 6) is 0.706. The maximum absolute atomic E-state index is 11.9. The fourth-order valence-corrected chi connectivity index (χ4v) is 3.11. The van der Waals surface area contributed by atoms with E-state index in [1.54, 1.807) is 30.7 Å². The Kier molecular flexibility index (Phi) is 6.99. The predicted molar refractivity (Wildman–Crippen MR) is 110 cm³/mol. The lowest BCUT2D eigenvalue weighted by Crippen LogP contribution is -2.20. The van der Waals surface area contributed by atoms with Crippen molar-refractivity contribution in [2.45, 2.75) is 11.7 Å². The first-order chi connectivity index (χ1) is 13.6. The van der Waals surface area contributed by atoms with E-state index in [9.17, 15) is 4.79 Å². The minimum atomic E-state index is -0.225. The van der Waals surface area contributed by atoms with Crippen molar-refractivity contribution in [1.82, 2.24) is 25.2 Å². The van der Waals surface area contributed by atoms with Gasteiger partial charge in [0.05, 0.1) is 18.5 Å². The molecule has 3 aromatic rings. The molecule has 8 nitrogen and oxygen atoms in total. The van der Waals surface area contributed by atoms with Crippen molar-refractivity contribution >= 4 is 41.2 Å². The van der Waals surface area contributed by atoms with Crippen LogP contribution in [-0.4, -0.2) is 37.6 Å². The first-order valence-corrected chi connectivity index (χ1v) is 9.70. The summed E-state index contributed by atoms with van der Waals surface area (Å²) in [4.78, 5) is 15.8. The number of hydrazone groups is 1. The number of nitrogens with zero attached hydrogens (tertiary/aromatic N) is 5. The first kappa shape index (κ1) is 19.8. The number of pyridine rings is 1. The summed E-state index contributed by atoms with van der Waals surface area (Å²) in [5, 5.41) is 16.8. The van der Waals surface area contributed by atoms with Crippen LogP contribution >= 0.6 is 23.4 Å². The molecule has 0 atom stereocenters. The number of rotatable bonds is 8. The van der Waals surface area contributed by atoms with Crippen LogP contribution in [0.25, 0.3) is 0 Å². The van der Waals surface area contributed by atoms with Crippen LogP contribution in [0.2, 0.25) is 5.02 Å². The quantitative estimate of drug-likeness (QED) is 0.333. The summed E-state index contributed by atoms with van der Waals surface area (Å²) in [6, 6.07) is 11.0. The van der Waals surface area contributed by atoms with Crippen molar-refractivity contribution in [3.05, 3.63) is 65.2 Å². The van der Waals surface area contributed by atoms with Crippen LogP contribution in [0, 0.1) is 0 Å². The second-order valence-electron chi connectivity index (χ2n) is 5.68. The number of nitrogens with one attached hydrogen (secondary N) is 2. The van der Waals surface area contributed by atoms with Gasteiger partial charge in [-0.15, -0.1) is 10.2 Å². The van der Waals surface area contributed by atoms with Crippen LogP contribution in [0.15, 0.2) is 59.0 Å². The Morgan fingerprint density at radius 1 is 1.29 bits per heavy atom. The summed E-state index contributed by atoms with van der Waals surface area (Å²) in [7, 11) is 1.86. The fourth-order valence-electron chi connectivity index (χ4n) is 2.19. The molecule has 10 heteroatoms. The van der Waals surface area contributed by atoms with Crippen molar-refractivity contribution in [3.63, 3.8) is 0 Å². The van der Waals surface area contributed by atoms with E-state index in [1.165, 1.54) is 11.8 Å². The average molecular weight is 416 g/mol. The molecule has 0 fully saturated rings. The number of anilines is 1. The van der Waals surface area contributed by atoms with E-state index >= 15 is 0 Å². The molecule has 0 saturated heterocycles. The fraction of sp³-hybridized carbons (Fsp3) is 0.167. The summed E-state index contributed by atoms with van der Waals surface area (Å²) in [6.07, 6.45) is 4.88. The minimum absolute atomic E-state index is 0.182. The van der Waals surface area contributed by atoms with E-state index in [1.807, 2.05) is 35.9 Å². The molecule has 0 radical (unpaired) electrons. The molecule has 0 bridgehead atoms. The number of benzene rings is 1. The van der Waals surface area contributed by atoms with Crippen molar-refractivity contribution in [2.24, 2.45) is 12.1 Å². The zero-order valence-corrected chi connectivity index (χ0v) is 16.6. The van der Waals surface area contributed by atoms with Gasteiger partial charge in [0.15, 0.2) is 11.0 Å². The first-order valence-electron chi connectivity index (χ1n) is 8.34. The van der Waals surface area contributed by atoms with E-state index in [4.69, 9.17) is 11.6 Å². The topological polar surface area (TPSA) is 97.1 Å². The number of carbonyl (C=O) groups is 1. The third kappa shape index (κ3) is 5.80. The normalized spacial score (nSPS) is 10.9. The molecule has 0 aliphatic carbocycles. The lowest BCUT2D eigenvalue weighted by Gasteiger charge is -2.07. The second-order valence-corrected chi connectivity index (χ2v) is 7.06. The highest BCUT2D eigenvalue weighted by Crippen LogP contribution is 2.18. The minimum Gasteiger partial charge on any atom is -0.378 e. The van der Waals surface area contributed by atoms with Crippen LogP contribution in [-0.2, 0) is 18.4 Å². The standard InChI is InChI=1S/C18H18ClN7OS/c1-26-16(11-21-15-4-2-3-14(19)9-15)23-25-18(26)28-12-17(27)24-22-10-13-5-7-20-8-6-13/h2-10,21H,11-12H2,1H3,(H,24,27)/b22-10-. The smallest absolute Gasteiger partial charge is 0.250 e. The SMILES string of the molecule is Cn1c(CNc2cccc(Cl)c2)nnc1SCC(=O)N/N=C\c1ccncc1. The third-order valence-electron chi connectivity index (χ3n) is 3.64. The van der Waals surface area contributed by atoms with Gasteiger partial charge in [-0.25, -0.2) is 5.43 Å². The van der Waals surface area contributed by atoms with E-state index in [-0.39, 0.29) is 11.7 Å². The summed E-state index contributed by atoms with van der Waals surface area (Å²) in [5.41, 5.74) is 4.24. The average Bonchev–Trinajstić information content (AvgIpc) is 3.05. The Bertz CT molecular complexity index is 962. The Morgan fingerprint density at radius 3 is 2.89 bits per heavy atom. The van der Waals surface area contributed by atoms with Crippen molar-refractivity contribution in [1.29, 1.82) is 0 Å². The number of hydrogen-bond donors (Lipinski definition) is 2. The molecule has 3 rings (SSSR count). The summed E-state index contributed by atoms with van der Waals surface area (Å²) in [6.45, 7) is 0.493. The van der Waals surface area contributed by atoms with E-state index < -0.39 is 0 Å². The molecule has 0 aliphatic heterocycles. The second kappa shape index (κ2) is 9.86. The van der Waals surface area contributed by atoms with Crippen molar-refractivity contribution < 1.29 is 4.79 Å². The highest BCUT2D eigenvalue weighted by Gasteiger charge is 2.11. The molecular formula is C18H18ClN7OS. The Balaban J connectivity index is 1.47. The molecule has 0 unspecified atom stereocenters. The van der Waals surface area contributed by atoms with E-state index in [0.29, 0.717) is 16.7 Å². The molecule has 2 heterocycles. The van der Waals surface area contributed by atoms with Crippen LogP contribution in [0.5, 0.6) is 0 Å². The number of halogens is 1. The zero-order chi connectivity index (χ0) is 19.8. The van der Waals surface area contributed by atoms with Gasteiger partial charge in [-0.1, -0.05) is 29.4 Å². The Morgan fingerprint density at radius 2 is 2.11 bits per heavy atom. The molecule has 0 saturated carbocycles. The highest BCUT2D eigenvalue weighted by molar-refractivity contribution is 7.99. The van der Waals surface area contributed by atoms with Gasteiger partial charge in [0.1, 0.15) is 0 Å². The van der Waals surface area contributed by atoms with Gasteiger partial charge in [0, 0.05) is 30.2 Å². The van der Waals surface area contributed by atoms with Crippen LogP contribution in [0.3, 0.4) is 0 Å². The molecular weight excluding hydrogens is 398 g/mol. The molecule has 0 spiro atoms. The highest BCUT2D eigenvalue weighted by atomic mass is 35.5. The number of thioether (sulfide) groups is 1. The van der Waals surface area contributed by atoms with Gasteiger partial charge in [-0.3, -0.25) is 9.78 Å². The van der Waals surface area contributed by atoms with E-state index in [0.717, 1.165) is 17.1 Å². The monoisotopic (exact) mass is 415 g/mol. The largest absolute Gasteiger partial charge is 0.378 e. The maximum Gasteiger partial charge on any atom is 0.250 e. The number of amides is 1. The third-order valence-corrected chi connectivity index (χ3v) is 4.90. The van der Waals surface area contributed by atoms with Crippen LogP contribution in [0.4, 0.5) is 5.69 Å². The number of hydrogen-bond acceptors (Lipinski definition) is 7. The maximum atomic E-state index is 11.9. The molecule has 2 N–H and O–H groups in total. The molecule has 144 valence electrons. The molecule has 1 amide bonds. The van der Waals surface area contributed by atoms with Crippen LogP contribution < -0.4 is 10.7 Å². The molecule has 1 aromatic carbocycles. The Labute approximate surface area is 171 Å². The van der Waals surface area contributed by atoms with Gasteiger partial charge in [-0.05, 0) is 35.9 Å². The lowest BCUT2D eigenvalue weighted by atomic mass is 10.3. The van der Waals surface area contributed by atoms with Gasteiger partial charge in [0.2, 0.25) is 0 Å². The molecule has 28 heavy (non-hydrogen) atoms. The predicted octanol–water partition coefficient (Wildman–Crippen LogP) is 2.72. The number of aromatic nitrogens is 4. The Hall–Kier alpha value is -2.91.